The maximum atomic E-state index is 13.0. The molecule has 1 aliphatic rings. The van der Waals surface area contributed by atoms with Crippen molar-refractivity contribution >= 4 is 15.9 Å². The zero-order chi connectivity index (χ0) is 11.9. The summed E-state index contributed by atoms with van der Waals surface area (Å²) in [6.45, 7) is 1.76. The van der Waals surface area contributed by atoms with Crippen LogP contribution in [0, 0.1) is 5.82 Å². The van der Waals surface area contributed by atoms with Crippen molar-refractivity contribution in [1.29, 1.82) is 0 Å². The summed E-state index contributed by atoms with van der Waals surface area (Å²) in [5, 5.41) is 2.87. The van der Waals surface area contributed by atoms with Gasteiger partial charge in [-0.1, -0.05) is 6.07 Å². The van der Waals surface area contributed by atoms with E-state index >= 15 is 0 Å². The second-order valence-corrected chi connectivity index (χ2v) is 5.66. The Balaban J connectivity index is 2.60. The van der Waals surface area contributed by atoms with Gasteiger partial charge in [-0.15, -0.1) is 0 Å². The van der Waals surface area contributed by atoms with E-state index in [1.165, 1.54) is 12.1 Å². The van der Waals surface area contributed by atoms with Crippen LogP contribution in [0.4, 0.5) is 4.39 Å². The maximum absolute atomic E-state index is 13.0. The van der Waals surface area contributed by atoms with Crippen molar-refractivity contribution in [2.45, 2.75) is 17.9 Å². The highest BCUT2D eigenvalue weighted by molar-refractivity contribution is 7.96. The van der Waals surface area contributed by atoms with Crippen LogP contribution in [-0.2, 0) is 9.84 Å². The molecule has 0 fully saturated rings. The molecule has 5 heteroatoms. The molecule has 0 amide bonds. The number of sulfone groups is 1. The summed E-state index contributed by atoms with van der Waals surface area (Å²) in [5.41, 5.74) is 0.554. The minimum atomic E-state index is -3.52. The molecule has 2 rings (SSSR count). The molecule has 0 radical (unpaired) electrons. The Bertz CT molecular complexity index is 563. The molecule has 0 saturated heterocycles. The Hall–Kier alpha value is -1.20. The van der Waals surface area contributed by atoms with Crippen LogP contribution in [0.3, 0.4) is 0 Å². The van der Waals surface area contributed by atoms with Crippen molar-refractivity contribution in [3.05, 3.63) is 34.5 Å². The first-order chi connectivity index (χ1) is 7.46. The number of hydrogen-bond acceptors (Lipinski definition) is 3. The van der Waals surface area contributed by atoms with E-state index in [9.17, 15) is 12.8 Å². The molecular weight excluding hydrogens is 229 g/mol. The quantitative estimate of drug-likeness (QED) is 0.854. The first-order valence-electron chi connectivity index (χ1n) is 4.90. The van der Waals surface area contributed by atoms with E-state index in [2.05, 4.69) is 5.32 Å². The van der Waals surface area contributed by atoms with Gasteiger partial charge in [0.25, 0.3) is 0 Å². The number of hydrogen-bond donors (Lipinski definition) is 1. The topological polar surface area (TPSA) is 46.2 Å². The van der Waals surface area contributed by atoms with Crippen molar-refractivity contribution in [3.8, 4) is 0 Å². The van der Waals surface area contributed by atoms with Gasteiger partial charge in [0.1, 0.15) is 5.82 Å². The predicted molar refractivity (Wildman–Crippen MR) is 60.1 cm³/mol. The second-order valence-electron chi connectivity index (χ2n) is 3.74. The van der Waals surface area contributed by atoms with Gasteiger partial charge in [-0.25, -0.2) is 12.8 Å². The van der Waals surface area contributed by atoms with E-state index in [-0.39, 0.29) is 15.8 Å². The zero-order valence-corrected chi connectivity index (χ0v) is 9.81. The summed E-state index contributed by atoms with van der Waals surface area (Å²) >= 11 is 0. The minimum Gasteiger partial charge on any atom is -0.313 e. The molecule has 1 aromatic rings. The molecule has 1 aromatic carbocycles. The third-order valence-corrected chi connectivity index (χ3v) is 4.76. The number of fused-ring (bicyclic) bond motifs is 1. The largest absolute Gasteiger partial charge is 0.313 e. The Kier molecular flexibility index (Phi) is 2.59. The Morgan fingerprint density at radius 3 is 2.69 bits per heavy atom. The zero-order valence-electron chi connectivity index (χ0n) is 8.99. The van der Waals surface area contributed by atoms with Gasteiger partial charge in [0.05, 0.1) is 9.80 Å². The Morgan fingerprint density at radius 2 is 2.06 bits per heavy atom. The predicted octanol–water partition coefficient (Wildman–Crippen LogP) is 1.56. The lowest BCUT2D eigenvalue weighted by Gasteiger charge is -2.11. The van der Waals surface area contributed by atoms with Gasteiger partial charge in [-0.3, -0.25) is 0 Å². The number of benzene rings is 1. The summed E-state index contributed by atoms with van der Waals surface area (Å²) in [6, 6.07) is 3.53. The summed E-state index contributed by atoms with van der Waals surface area (Å²) in [6.07, 6.45) is 1.59. The molecular formula is C11H12FNO2S. The molecule has 1 aliphatic heterocycles. The molecule has 3 nitrogen and oxygen atoms in total. The maximum Gasteiger partial charge on any atom is 0.205 e. The van der Waals surface area contributed by atoms with Crippen molar-refractivity contribution < 1.29 is 12.8 Å². The highest BCUT2D eigenvalue weighted by Crippen LogP contribution is 2.34. The third-order valence-electron chi connectivity index (χ3n) is 2.73. The van der Waals surface area contributed by atoms with Crippen LogP contribution in [0.1, 0.15) is 12.5 Å². The normalized spacial score (nSPS) is 19.1. The van der Waals surface area contributed by atoms with Crippen LogP contribution in [0.15, 0.2) is 28.0 Å². The van der Waals surface area contributed by atoms with Gasteiger partial charge >= 0.3 is 0 Å². The Morgan fingerprint density at radius 1 is 1.38 bits per heavy atom. The second kappa shape index (κ2) is 3.68. The fourth-order valence-corrected chi connectivity index (χ4v) is 3.54. The molecule has 86 valence electrons. The van der Waals surface area contributed by atoms with E-state index in [1.807, 2.05) is 0 Å². The minimum absolute atomic E-state index is 0.0598. The SMILES string of the molecule is CNC(C)C1=Cc2ccc(F)cc2S1(=O)=O. The lowest BCUT2D eigenvalue weighted by Crippen LogP contribution is -2.26. The van der Waals surface area contributed by atoms with Crippen LogP contribution in [0.5, 0.6) is 0 Å². The van der Waals surface area contributed by atoms with Gasteiger partial charge < -0.3 is 5.32 Å². The molecule has 1 atom stereocenters. The van der Waals surface area contributed by atoms with Crippen LogP contribution in [0.2, 0.25) is 0 Å². The van der Waals surface area contributed by atoms with Crippen LogP contribution in [-0.4, -0.2) is 21.5 Å². The fourth-order valence-electron chi connectivity index (χ4n) is 1.72. The van der Waals surface area contributed by atoms with E-state index < -0.39 is 15.7 Å². The Labute approximate surface area is 93.9 Å². The first kappa shape index (κ1) is 11.3. The average molecular weight is 241 g/mol. The molecule has 0 aromatic heterocycles. The summed E-state index contributed by atoms with van der Waals surface area (Å²) in [5.74, 6) is -0.533. The first-order valence-corrected chi connectivity index (χ1v) is 6.38. The highest BCUT2D eigenvalue weighted by Gasteiger charge is 2.32. The van der Waals surface area contributed by atoms with Gasteiger partial charge in [0, 0.05) is 6.04 Å². The van der Waals surface area contributed by atoms with Crippen molar-refractivity contribution in [3.63, 3.8) is 0 Å². The van der Waals surface area contributed by atoms with Crippen molar-refractivity contribution in [2.75, 3.05) is 7.05 Å². The number of rotatable bonds is 2. The molecule has 1 heterocycles. The van der Waals surface area contributed by atoms with E-state index in [0.717, 1.165) is 6.07 Å². The van der Waals surface area contributed by atoms with E-state index in [4.69, 9.17) is 0 Å². The molecule has 0 spiro atoms. The monoisotopic (exact) mass is 241 g/mol. The van der Waals surface area contributed by atoms with Crippen LogP contribution in [0.25, 0.3) is 6.08 Å². The van der Waals surface area contributed by atoms with Crippen LogP contribution >= 0.6 is 0 Å². The number of nitrogens with one attached hydrogen (secondary N) is 1. The van der Waals surface area contributed by atoms with Crippen molar-refractivity contribution in [1.82, 2.24) is 5.32 Å². The third kappa shape index (κ3) is 1.56. The molecule has 0 saturated carbocycles. The molecule has 16 heavy (non-hydrogen) atoms. The lowest BCUT2D eigenvalue weighted by molar-refractivity contribution is 0.591. The summed E-state index contributed by atoms with van der Waals surface area (Å²) in [4.78, 5) is 0.347. The summed E-state index contributed by atoms with van der Waals surface area (Å²) in [7, 11) is -1.84. The van der Waals surface area contributed by atoms with E-state index in [0.29, 0.717) is 5.56 Å². The smallest absolute Gasteiger partial charge is 0.205 e. The number of likely N-dealkylation sites (N-methyl/N-ethyl adjacent to an activating group) is 1. The van der Waals surface area contributed by atoms with Gasteiger partial charge in [-0.05, 0) is 37.7 Å². The standard InChI is InChI=1S/C11H12FNO2S/c1-7(13-2)10-5-8-3-4-9(12)6-11(8)16(10,14)15/h3-7,13H,1-2H3. The van der Waals surface area contributed by atoms with Gasteiger partial charge in [0.2, 0.25) is 9.84 Å². The highest BCUT2D eigenvalue weighted by atomic mass is 32.2. The molecule has 0 aliphatic carbocycles. The lowest BCUT2D eigenvalue weighted by atomic mass is 10.2. The van der Waals surface area contributed by atoms with E-state index in [1.54, 1.807) is 20.0 Å². The van der Waals surface area contributed by atoms with Gasteiger partial charge in [0.15, 0.2) is 0 Å². The fraction of sp³-hybridized carbons (Fsp3) is 0.273. The van der Waals surface area contributed by atoms with Crippen molar-refractivity contribution in [2.24, 2.45) is 0 Å². The molecule has 1 unspecified atom stereocenters. The van der Waals surface area contributed by atoms with Gasteiger partial charge in [-0.2, -0.15) is 0 Å². The van der Waals surface area contributed by atoms with Crippen LogP contribution < -0.4 is 5.32 Å². The average Bonchev–Trinajstić information content (AvgIpc) is 2.50. The molecule has 0 bridgehead atoms. The number of halogens is 1. The molecule has 1 N–H and O–H groups in total. The summed E-state index contributed by atoms with van der Waals surface area (Å²) < 4.78 is 37.1.